The van der Waals surface area contributed by atoms with Gasteiger partial charge in [0.25, 0.3) is 0 Å². The molecule has 1 heterocycles. The first-order valence-electron chi connectivity index (χ1n) is 8.49. The predicted molar refractivity (Wildman–Crippen MR) is 82.8 cm³/mol. The smallest absolute Gasteiger partial charge is 0.0700 e. The van der Waals surface area contributed by atoms with Gasteiger partial charge in [-0.3, -0.25) is 0 Å². The van der Waals surface area contributed by atoms with Crippen molar-refractivity contribution < 1.29 is 9.84 Å². The summed E-state index contributed by atoms with van der Waals surface area (Å²) in [5.41, 5.74) is 0.391. The molecule has 2 fully saturated rings. The quantitative estimate of drug-likeness (QED) is 0.787. The summed E-state index contributed by atoms with van der Waals surface area (Å²) in [5.74, 6) is 0.803. The summed E-state index contributed by atoms with van der Waals surface area (Å²) < 4.78 is 5.68. The molecule has 1 aliphatic heterocycles. The standard InChI is InChI=1S/C17H33NO2/c1-4-16(2,3)14-7-9-17(13-19,10-8-14)18-12-15-6-5-11-20-15/h14-15,18-19H,4-13H2,1-3H3. The summed E-state index contributed by atoms with van der Waals surface area (Å²) in [4.78, 5) is 0. The van der Waals surface area contributed by atoms with Gasteiger partial charge in [0.15, 0.2) is 0 Å². The van der Waals surface area contributed by atoms with Crippen LogP contribution in [0.3, 0.4) is 0 Å². The second kappa shape index (κ2) is 6.76. The molecule has 0 aromatic rings. The average Bonchev–Trinajstić information content (AvgIpc) is 2.99. The van der Waals surface area contributed by atoms with Crippen molar-refractivity contribution in [3.05, 3.63) is 0 Å². The number of aliphatic hydroxyl groups is 1. The highest BCUT2D eigenvalue weighted by molar-refractivity contribution is 4.96. The third-order valence-corrected chi connectivity index (χ3v) is 5.99. The molecule has 1 saturated heterocycles. The molecule has 0 amide bonds. The van der Waals surface area contributed by atoms with Crippen LogP contribution in [0.1, 0.15) is 65.7 Å². The Morgan fingerprint density at radius 3 is 2.45 bits per heavy atom. The SMILES string of the molecule is CCC(C)(C)C1CCC(CO)(NCC2CCCO2)CC1. The van der Waals surface area contributed by atoms with Crippen molar-refractivity contribution in [1.29, 1.82) is 0 Å². The van der Waals surface area contributed by atoms with Gasteiger partial charge in [-0.25, -0.2) is 0 Å². The van der Waals surface area contributed by atoms with Gasteiger partial charge in [0, 0.05) is 18.7 Å². The number of hydrogen-bond donors (Lipinski definition) is 2. The van der Waals surface area contributed by atoms with E-state index < -0.39 is 0 Å². The van der Waals surface area contributed by atoms with Crippen LogP contribution in [-0.4, -0.2) is 36.5 Å². The van der Waals surface area contributed by atoms with Gasteiger partial charge in [-0.15, -0.1) is 0 Å². The van der Waals surface area contributed by atoms with E-state index in [-0.39, 0.29) is 12.1 Å². The third-order valence-electron chi connectivity index (χ3n) is 5.99. The first-order valence-corrected chi connectivity index (χ1v) is 8.49. The lowest BCUT2D eigenvalue weighted by Crippen LogP contribution is -2.53. The Kier molecular flexibility index (Phi) is 5.49. The topological polar surface area (TPSA) is 41.5 Å². The molecule has 118 valence electrons. The van der Waals surface area contributed by atoms with Gasteiger partial charge in [-0.1, -0.05) is 27.2 Å². The molecular weight excluding hydrogens is 250 g/mol. The number of aliphatic hydroxyl groups excluding tert-OH is 1. The number of rotatable bonds is 6. The van der Waals surface area contributed by atoms with Crippen molar-refractivity contribution in [1.82, 2.24) is 5.32 Å². The van der Waals surface area contributed by atoms with Crippen LogP contribution in [0.25, 0.3) is 0 Å². The molecule has 1 saturated carbocycles. The van der Waals surface area contributed by atoms with Crippen LogP contribution in [0.5, 0.6) is 0 Å². The molecule has 20 heavy (non-hydrogen) atoms. The van der Waals surface area contributed by atoms with Gasteiger partial charge in [0.2, 0.25) is 0 Å². The van der Waals surface area contributed by atoms with E-state index in [0.29, 0.717) is 11.5 Å². The fraction of sp³-hybridized carbons (Fsp3) is 1.00. The lowest BCUT2D eigenvalue weighted by molar-refractivity contribution is 0.0443. The van der Waals surface area contributed by atoms with E-state index in [1.165, 1.54) is 32.1 Å². The molecule has 3 heteroatoms. The van der Waals surface area contributed by atoms with E-state index in [1.54, 1.807) is 0 Å². The summed E-state index contributed by atoms with van der Waals surface area (Å²) in [6.07, 6.45) is 8.63. The van der Waals surface area contributed by atoms with Gasteiger partial charge in [-0.05, 0) is 49.9 Å². The lowest BCUT2D eigenvalue weighted by Gasteiger charge is -2.45. The van der Waals surface area contributed by atoms with E-state index in [9.17, 15) is 5.11 Å². The van der Waals surface area contributed by atoms with Crippen molar-refractivity contribution in [2.24, 2.45) is 11.3 Å². The minimum atomic E-state index is -0.0493. The van der Waals surface area contributed by atoms with Crippen molar-refractivity contribution in [2.75, 3.05) is 19.8 Å². The normalized spacial score (nSPS) is 35.4. The van der Waals surface area contributed by atoms with E-state index >= 15 is 0 Å². The van der Waals surface area contributed by atoms with E-state index in [1.807, 2.05) is 0 Å². The predicted octanol–water partition coefficient (Wildman–Crippen LogP) is 3.11. The zero-order chi connectivity index (χ0) is 14.6. The highest BCUT2D eigenvalue weighted by atomic mass is 16.5. The van der Waals surface area contributed by atoms with Crippen molar-refractivity contribution in [2.45, 2.75) is 77.4 Å². The highest BCUT2D eigenvalue weighted by Crippen LogP contribution is 2.43. The Morgan fingerprint density at radius 1 is 1.25 bits per heavy atom. The third kappa shape index (κ3) is 3.75. The molecule has 0 bridgehead atoms. The van der Waals surface area contributed by atoms with Crippen molar-refractivity contribution in [3.63, 3.8) is 0 Å². The van der Waals surface area contributed by atoms with Crippen molar-refractivity contribution in [3.8, 4) is 0 Å². The molecule has 0 aromatic carbocycles. The Labute approximate surface area is 124 Å². The second-order valence-corrected chi connectivity index (χ2v) is 7.57. The Balaban J connectivity index is 1.84. The Hall–Kier alpha value is -0.120. The van der Waals surface area contributed by atoms with E-state index in [2.05, 4.69) is 26.1 Å². The maximum atomic E-state index is 9.86. The minimum Gasteiger partial charge on any atom is -0.394 e. The van der Waals surface area contributed by atoms with E-state index in [0.717, 1.165) is 31.9 Å². The Bertz CT molecular complexity index is 289. The molecule has 1 aliphatic carbocycles. The second-order valence-electron chi connectivity index (χ2n) is 7.57. The maximum Gasteiger partial charge on any atom is 0.0700 e. The Morgan fingerprint density at radius 2 is 1.95 bits per heavy atom. The molecule has 0 aromatic heterocycles. The van der Waals surface area contributed by atoms with E-state index in [4.69, 9.17) is 4.74 Å². The van der Waals surface area contributed by atoms with Crippen LogP contribution in [0.2, 0.25) is 0 Å². The van der Waals surface area contributed by atoms with Crippen LogP contribution in [0.15, 0.2) is 0 Å². The van der Waals surface area contributed by atoms with Gasteiger partial charge in [-0.2, -0.15) is 0 Å². The zero-order valence-electron chi connectivity index (χ0n) is 13.6. The summed E-state index contributed by atoms with van der Waals surface area (Å²) in [6.45, 7) is 9.16. The lowest BCUT2D eigenvalue weighted by atomic mass is 9.65. The van der Waals surface area contributed by atoms with Gasteiger partial charge < -0.3 is 15.2 Å². The summed E-state index contributed by atoms with van der Waals surface area (Å²) >= 11 is 0. The van der Waals surface area contributed by atoms with Gasteiger partial charge >= 0.3 is 0 Å². The van der Waals surface area contributed by atoms with Crippen LogP contribution in [0, 0.1) is 11.3 Å². The molecule has 2 rings (SSSR count). The van der Waals surface area contributed by atoms with Crippen LogP contribution in [0.4, 0.5) is 0 Å². The van der Waals surface area contributed by atoms with Crippen molar-refractivity contribution >= 4 is 0 Å². The zero-order valence-corrected chi connectivity index (χ0v) is 13.6. The summed E-state index contributed by atoms with van der Waals surface area (Å²) in [5, 5.41) is 13.5. The summed E-state index contributed by atoms with van der Waals surface area (Å²) in [6, 6.07) is 0. The van der Waals surface area contributed by atoms with Crippen LogP contribution < -0.4 is 5.32 Å². The number of hydrogen-bond acceptors (Lipinski definition) is 3. The van der Waals surface area contributed by atoms with Gasteiger partial charge in [0.05, 0.1) is 12.7 Å². The first kappa shape index (κ1) is 16.3. The largest absolute Gasteiger partial charge is 0.394 e. The highest BCUT2D eigenvalue weighted by Gasteiger charge is 2.39. The molecule has 2 N–H and O–H groups in total. The average molecular weight is 283 g/mol. The molecule has 1 atom stereocenters. The molecule has 2 aliphatic rings. The molecular formula is C17H33NO2. The first-order chi connectivity index (χ1) is 9.51. The minimum absolute atomic E-state index is 0.0493. The number of nitrogens with one attached hydrogen (secondary N) is 1. The summed E-state index contributed by atoms with van der Waals surface area (Å²) in [7, 11) is 0. The fourth-order valence-electron chi connectivity index (χ4n) is 3.77. The molecule has 0 spiro atoms. The molecule has 0 radical (unpaired) electrons. The van der Waals surface area contributed by atoms with Gasteiger partial charge in [0.1, 0.15) is 0 Å². The van der Waals surface area contributed by atoms with Crippen LogP contribution in [-0.2, 0) is 4.74 Å². The van der Waals surface area contributed by atoms with Crippen LogP contribution >= 0.6 is 0 Å². The maximum absolute atomic E-state index is 9.86. The monoisotopic (exact) mass is 283 g/mol. The molecule has 3 nitrogen and oxygen atoms in total. The molecule has 1 unspecified atom stereocenters. The fourth-order valence-corrected chi connectivity index (χ4v) is 3.77. The number of ether oxygens (including phenoxy) is 1.